The molecule has 134 valence electrons. The van der Waals surface area contributed by atoms with Crippen LogP contribution in [-0.4, -0.2) is 48.1 Å². The molecule has 1 aliphatic rings. The maximum absolute atomic E-state index is 12.0. The molecule has 7 nitrogen and oxygen atoms in total. The van der Waals surface area contributed by atoms with Crippen LogP contribution in [0, 0.1) is 0 Å². The molecule has 2 heterocycles. The number of anilines is 2. The number of aliphatic hydroxyl groups is 1. The highest BCUT2D eigenvalue weighted by Gasteiger charge is 2.21. The Hall–Kier alpha value is -1.86. The first-order valence-electron chi connectivity index (χ1n) is 8.20. The number of aliphatic hydroxyl groups excluding tert-OH is 1. The van der Waals surface area contributed by atoms with Crippen LogP contribution in [-0.2, 0) is 16.1 Å². The highest BCUT2D eigenvalue weighted by atomic mass is 16.6. The van der Waals surface area contributed by atoms with Gasteiger partial charge < -0.3 is 19.5 Å². The Morgan fingerprint density at radius 3 is 2.58 bits per heavy atom. The summed E-state index contributed by atoms with van der Waals surface area (Å²) in [5.74, 6) is 0.738. The van der Waals surface area contributed by atoms with Crippen LogP contribution < -0.4 is 10.2 Å². The zero-order valence-electron chi connectivity index (χ0n) is 14.8. The van der Waals surface area contributed by atoms with Crippen LogP contribution in [0.5, 0.6) is 0 Å². The largest absolute Gasteiger partial charge is 0.444 e. The Morgan fingerprint density at radius 2 is 2.04 bits per heavy atom. The van der Waals surface area contributed by atoms with E-state index in [4.69, 9.17) is 9.47 Å². The number of carbonyl (C=O) groups excluding carboxylic acids is 1. The summed E-state index contributed by atoms with van der Waals surface area (Å²) in [6, 6.07) is 3.45. The number of nitrogens with one attached hydrogen (secondary N) is 1. The summed E-state index contributed by atoms with van der Waals surface area (Å²) < 4.78 is 10.6. The number of pyridine rings is 1. The molecule has 0 bridgehead atoms. The molecule has 24 heavy (non-hydrogen) atoms. The highest BCUT2D eigenvalue weighted by molar-refractivity contribution is 5.85. The van der Waals surface area contributed by atoms with Crippen molar-refractivity contribution in [3.63, 3.8) is 0 Å². The van der Waals surface area contributed by atoms with Crippen LogP contribution in [0.2, 0.25) is 0 Å². The smallest absolute Gasteiger partial charge is 0.412 e. The van der Waals surface area contributed by atoms with Crippen molar-refractivity contribution in [1.29, 1.82) is 0 Å². The predicted molar refractivity (Wildman–Crippen MR) is 92.3 cm³/mol. The first kappa shape index (κ1) is 18.5. The molecule has 0 unspecified atom stereocenters. The van der Waals surface area contributed by atoms with Crippen molar-refractivity contribution in [1.82, 2.24) is 4.98 Å². The van der Waals surface area contributed by atoms with E-state index in [0.29, 0.717) is 11.4 Å². The van der Waals surface area contributed by atoms with E-state index in [9.17, 15) is 9.90 Å². The lowest BCUT2D eigenvalue weighted by molar-refractivity contribution is 0.0636. The molecular formula is C17H27N3O4. The van der Waals surface area contributed by atoms with Gasteiger partial charge in [0.25, 0.3) is 0 Å². The fourth-order valence-electron chi connectivity index (χ4n) is 2.63. The third kappa shape index (κ3) is 5.35. The van der Waals surface area contributed by atoms with Gasteiger partial charge in [-0.05, 0) is 39.7 Å². The van der Waals surface area contributed by atoms with Gasteiger partial charge in [0.1, 0.15) is 11.4 Å². The van der Waals surface area contributed by atoms with E-state index in [1.165, 1.54) is 0 Å². The lowest BCUT2D eigenvalue weighted by Crippen LogP contribution is -2.37. The molecular weight excluding hydrogens is 310 g/mol. The van der Waals surface area contributed by atoms with Crippen molar-refractivity contribution >= 4 is 17.6 Å². The summed E-state index contributed by atoms with van der Waals surface area (Å²) >= 11 is 0. The van der Waals surface area contributed by atoms with Gasteiger partial charge in [-0.25, -0.2) is 9.78 Å². The van der Waals surface area contributed by atoms with Gasteiger partial charge in [-0.15, -0.1) is 0 Å². The minimum absolute atomic E-state index is 0.189. The Morgan fingerprint density at radius 1 is 1.38 bits per heavy atom. The molecule has 1 fully saturated rings. The van der Waals surface area contributed by atoms with Gasteiger partial charge in [-0.3, -0.25) is 5.32 Å². The summed E-state index contributed by atoms with van der Waals surface area (Å²) in [7, 11) is 1.73. The average molecular weight is 337 g/mol. The molecule has 1 amide bonds. The Bertz CT molecular complexity index is 563. The number of hydrogen-bond acceptors (Lipinski definition) is 6. The fraction of sp³-hybridized carbons (Fsp3) is 0.647. The number of hydrogen-bond donors (Lipinski definition) is 2. The zero-order valence-corrected chi connectivity index (χ0v) is 14.8. The van der Waals surface area contributed by atoms with E-state index in [1.807, 2.05) is 20.8 Å². The topological polar surface area (TPSA) is 83.9 Å². The summed E-state index contributed by atoms with van der Waals surface area (Å²) in [6.45, 7) is 6.89. The van der Waals surface area contributed by atoms with E-state index < -0.39 is 11.7 Å². The highest BCUT2D eigenvalue weighted by Crippen LogP contribution is 2.24. The van der Waals surface area contributed by atoms with Gasteiger partial charge in [0.15, 0.2) is 0 Å². The Labute approximate surface area is 143 Å². The summed E-state index contributed by atoms with van der Waals surface area (Å²) in [6.07, 6.45) is 1.61. The molecule has 1 aliphatic heterocycles. The van der Waals surface area contributed by atoms with Gasteiger partial charge in [0.2, 0.25) is 0 Å². The molecule has 0 saturated carbocycles. The van der Waals surface area contributed by atoms with Crippen molar-refractivity contribution in [2.24, 2.45) is 0 Å². The van der Waals surface area contributed by atoms with Crippen molar-refractivity contribution < 1.29 is 19.4 Å². The summed E-state index contributed by atoms with van der Waals surface area (Å²) in [5.41, 5.74) is 0.501. The molecule has 2 N–H and O–H groups in total. The minimum Gasteiger partial charge on any atom is -0.444 e. The van der Waals surface area contributed by atoms with Crippen LogP contribution in [0.4, 0.5) is 16.3 Å². The first-order chi connectivity index (χ1) is 11.3. The van der Waals surface area contributed by atoms with Crippen molar-refractivity contribution in [2.45, 2.75) is 51.9 Å². The quantitative estimate of drug-likeness (QED) is 0.878. The van der Waals surface area contributed by atoms with Gasteiger partial charge in [0.05, 0.1) is 18.4 Å². The predicted octanol–water partition coefficient (Wildman–Crippen LogP) is 2.54. The van der Waals surface area contributed by atoms with E-state index in [2.05, 4.69) is 15.2 Å². The molecule has 0 aliphatic carbocycles. The number of ether oxygens (including phenoxy) is 2. The van der Waals surface area contributed by atoms with Gasteiger partial charge in [-0.2, -0.15) is 0 Å². The van der Waals surface area contributed by atoms with Crippen LogP contribution >= 0.6 is 0 Å². The maximum Gasteiger partial charge on any atom is 0.412 e. The lowest BCUT2D eigenvalue weighted by atomic mass is 10.1. The third-order valence-corrected chi connectivity index (χ3v) is 3.77. The van der Waals surface area contributed by atoms with Gasteiger partial charge >= 0.3 is 6.09 Å². The Balaban J connectivity index is 2.11. The number of nitrogens with zero attached hydrogens (tertiary/aromatic N) is 2. The average Bonchev–Trinajstić information content (AvgIpc) is 2.52. The molecule has 0 atom stereocenters. The number of carbonyl (C=O) groups is 1. The standard InChI is InChI=1S/C17H27N3O4/c1-17(2,3)24-16(22)19-12-9-13(11-21)18-15(10-12)20-7-5-14(23-4)6-8-20/h9-10,14,21H,5-8,11H2,1-4H3,(H,18,19,22). The number of rotatable bonds is 4. The van der Waals surface area contributed by atoms with Gasteiger partial charge in [-0.1, -0.05) is 0 Å². The first-order valence-corrected chi connectivity index (χ1v) is 8.20. The summed E-state index contributed by atoms with van der Waals surface area (Å²) in [4.78, 5) is 18.5. The van der Waals surface area contributed by atoms with Crippen LogP contribution in [0.1, 0.15) is 39.3 Å². The van der Waals surface area contributed by atoms with Crippen molar-refractivity contribution in [2.75, 3.05) is 30.4 Å². The molecule has 7 heteroatoms. The normalized spacial score (nSPS) is 16.1. The number of aromatic nitrogens is 1. The number of methoxy groups -OCH3 is 1. The number of amides is 1. The molecule has 0 aromatic carbocycles. The summed E-state index contributed by atoms with van der Waals surface area (Å²) in [5, 5.41) is 12.1. The van der Waals surface area contributed by atoms with E-state index in [0.717, 1.165) is 31.7 Å². The monoisotopic (exact) mass is 337 g/mol. The van der Waals surface area contributed by atoms with E-state index in [1.54, 1.807) is 19.2 Å². The maximum atomic E-state index is 12.0. The fourth-order valence-corrected chi connectivity index (χ4v) is 2.63. The van der Waals surface area contributed by atoms with Crippen LogP contribution in [0.3, 0.4) is 0 Å². The van der Waals surface area contributed by atoms with E-state index in [-0.39, 0.29) is 12.7 Å². The van der Waals surface area contributed by atoms with Gasteiger partial charge in [0, 0.05) is 32.0 Å². The third-order valence-electron chi connectivity index (χ3n) is 3.77. The van der Waals surface area contributed by atoms with E-state index >= 15 is 0 Å². The van der Waals surface area contributed by atoms with Crippen LogP contribution in [0.25, 0.3) is 0 Å². The molecule has 1 saturated heterocycles. The van der Waals surface area contributed by atoms with Crippen LogP contribution in [0.15, 0.2) is 12.1 Å². The second-order valence-corrected chi connectivity index (χ2v) is 6.91. The Kier molecular flexibility index (Phi) is 6.01. The second kappa shape index (κ2) is 7.81. The molecule has 2 rings (SSSR count). The van der Waals surface area contributed by atoms with Crippen molar-refractivity contribution in [3.05, 3.63) is 17.8 Å². The minimum atomic E-state index is -0.568. The molecule has 1 aromatic heterocycles. The number of piperidine rings is 1. The molecule has 1 aromatic rings. The molecule has 0 radical (unpaired) electrons. The zero-order chi connectivity index (χ0) is 17.7. The van der Waals surface area contributed by atoms with Crippen molar-refractivity contribution in [3.8, 4) is 0 Å². The second-order valence-electron chi connectivity index (χ2n) is 6.91. The SMILES string of the molecule is COC1CCN(c2cc(NC(=O)OC(C)(C)C)cc(CO)n2)CC1. The lowest BCUT2D eigenvalue weighted by Gasteiger charge is -2.32. The molecule has 0 spiro atoms.